The van der Waals surface area contributed by atoms with Crippen molar-refractivity contribution in [2.75, 3.05) is 0 Å². The average Bonchev–Trinajstić information content (AvgIpc) is 3.80. The first-order valence-electron chi connectivity index (χ1n) is 11.7. The predicted molar refractivity (Wildman–Crippen MR) is 132 cm³/mol. The molecule has 35 heavy (non-hydrogen) atoms. The zero-order valence-electron chi connectivity index (χ0n) is 18.9. The first kappa shape index (κ1) is 21.3. The molecule has 0 spiro atoms. The number of nitrogens with zero attached hydrogens (tertiary/aromatic N) is 2. The summed E-state index contributed by atoms with van der Waals surface area (Å²) in [6.07, 6.45) is 6.40. The van der Waals surface area contributed by atoms with E-state index in [-0.39, 0.29) is 22.9 Å². The summed E-state index contributed by atoms with van der Waals surface area (Å²) >= 11 is 0. The molecule has 2 fully saturated rings. The number of pyridine rings is 2. The highest BCUT2D eigenvalue weighted by molar-refractivity contribution is 5.97. The van der Waals surface area contributed by atoms with Crippen LogP contribution in [0.25, 0.3) is 27.8 Å². The lowest BCUT2D eigenvalue weighted by atomic mass is 9.94. The fourth-order valence-electron chi connectivity index (χ4n) is 4.58. The molecule has 0 saturated heterocycles. The van der Waals surface area contributed by atoms with Crippen LogP contribution in [0.5, 0.6) is 0 Å². The highest BCUT2D eigenvalue weighted by Gasteiger charge is 2.51. The van der Waals surface area contributed by atoms with Gasteiger partial charge in [-0.15, -0.1) is 0 Å². The second kappa shape index (κ2) is 7.91. The molecule has 2 aliphatic carbocycles. The number of aromatic nitrogens is 2. The summed E-state index contributed by atoms with van der Waals surface area (Å²) < 4.78 is 1.78. The highest BCUT2D eigenvalue weighted by Crippen LogP contribution is 2.48. The van der Waals surface area contributed by atoms with E-state index in [1.807, 2.05) is 48.5 Å². The van der Waals surface area contributed by atoms with Gasteiger partial charge in [-0.3, -0.25) is 14.4 Å². The number of amides is 1. The summed E-state index contributed by atoms with van der Waals surface area (Å²) in [5, 5.41) is 12.9. The molecule has 4 aromatic rings. The maximum absolute atomic E-state index is 13.1. The molecule has 2 aromatic heterocycles. The van der Waals surface area contributed by atoms with E-state index in [1.54, 1.807) is 29.1 Å². The third-order valence-corrected chi connectivity index (χ3v) is 6.97. The van der Waals surface area contributed by atoms with Crippen LogP contribution in [0.3, 0.4) is 0 Å². The fraction of sp³-hybridized carbons (Fsp3) is 0.214. The van der Waals surface area contributed by atoms with Crippen molar-refractivity contribution in [2.45, 2.75) is 37.1 Å². The van der Waals surface area contributed by atoms with Gasteiger partial charge in [-0.1, -0.05) is 36.4 Å². The van der Waals surface area contributed by atoms with Gasteiger partial charge in [0.25, 0.3) is 5.91 Å². The number of carbonyl (C=O) groups is 2. The number of hydrogen-bond donors (Lipinski definition) is 2. The van der Waals surface area contributed by atoms with E-state index in [0.29, 0.717) is 23.9 Å². The first-order valence-corrected chi connectivity index (χ1v) is 11.7. The molecule has 174 valence electrons. The lowest BCUT2D eigenvalue weighted by Gasteiger charge is -2.14. The van der Waals surface area contributed by atoms with Crippen molar-refractivity contribution in [3.8, 4) is 16.8 Å². The topological polar surface area (TPSA) is 101 Å². The Hall–Kier alpha value is -4.26. The number of rotatable bonds is 6. The Labute approximate surface area is 201 Å². The van der Waals surface area contributed by atoms with Gasteiger partial charge in [0.15, 0.2) is 0 Å². The number of carboxylic acid groups (broad SMARTS) is 1. The number of nitrogens with one attached hydrogen (secondary N) is 1. The SMILES string of the molecule is O=C(NC1CC1)c1cn(-c2cccc(-c3ccc(C4(C(=O)O)CC4)cc3)c2)c2ncccc2c1=O. The molecule has 0 atom stereocenters. The molecule has 2 saturated carbocycles. The number of carboxylic acids is 1. The normalized spacial score (nSPS) is 16.1. The quantitative estimate of drug-likeness (QED) is 0.447. The second-order valence-electron chi connectivity index (χ2n) is 9.38. The zero-order chi connectivity index (χ0) is 24.2. The van der Waals surface area contributed by atoms with Crippen LogP contribution in [-0.2, 0) is 10.2 Å². The molecule has 2 heterocycles. The summed E-state index contributed by atoms with van der Waals surface area (Å²) in [5.74, 6) is -1.14. The molecule has 2 aliphatic rings. The Morgan fingerprint density at radius 1 is 1.00 bits per heavy atom. The van der Waals surface area contributed by atoms with Gasteiger partial charge in [-0.2, -0.15) is 0 Å². The summed E-state index contributed by atoms with van der Waals surface area (Å²) in [5.41, 5.74) is 2.97. The summed E-state index contributed by atoms with van der Waals surface area (Å²) in [6.45, 7) is 0. The van der Waals surface area contributed by atoms with Gasteiger partial charge >= 0.3 is 5.97 Å². The van der Waals surface area contributed by atoms with Crippen LogP contribution in [-0.4, -0.2) is 32.6 Å². The molecule has 0 aliphatic heterocycles. The van der Waals surface area contributed by atoms with Gasteiger partial charge in [0.1, 0.15) is 11.2 Å². The standard InChI is InChI=1S/C28H23N3O4/c32-24-22-5-2-14-29-25(22)31(16-23(24)26(33)30-20-10-11-20)21-4-1-3-18(15-21)17-6-8-19(9-7-17)28(12-13-28)27(34)35/h1-9,14-16,20H,10-13H2,(H,30,33)(H,34,35). The van der Waals surface area contributed by atoms with Crippen LogP contribution < -0.4 is 10.7 Å². The van der Waals surface area contributed by atoms with Crippen molar-refractivity contribution < 1.29 is 14.7 Å². The zero-order valence-corrected chi connectivity index (χ0v) is 18.9. The largest absolute Gasteiger partial charge is 0.481 e. The minimum absolute atomic E-state index is 0.0931. The van der Waals surface area contributed by atoms with Gasteiger partial charge < -0.3 is 15.0 Å². The van der Waals surface area contributed by atoms with Gasteiger partial charge in [0, 0.05) is 24.1 Å². The van der Waals surface area contributed by atoms with E-state index in [4.69, 9.17) is 0 Å². The van der Waals surface area contributed by atoms with Crippen LogP contribution in [0, 0.1) is 0 Å². The van der Waals surface area contributed by atoms with Gasteiger partial charge in [0.05, 0.1) is 10.8 Å². The monoisotopic (exact) mass is 465 g/mol. The number of aliphatic carboxylic acids is 1. The summed E-state index contributed by atoms with van der Waals surface area (Å²) in [4.78, 5) is 41.9. The highest BCUT2D eigenvalue weighted by atomic mass is 16.4. The first-order chi connectivity index (χ1) is 17.0. The van der Waals surface area contributed by atoms with Crippen LogP contribution >= 0.6 is 0 Å². The Bertz CT molecular complexity index is 1550. The van der Waals surface area contributed by atoms with Crippen LogP contribution in [0.15, 0.2) is 77.9 Å². The smallest absolute Gasteiger partial charge is 0.314 e. The van der Waals surface area contributed by atoms with Crippen molar-refractivity contribution >= 4 is 22.9 Å². The lowest BCUT2D eigenvalue weighted by Crippen LogP contribution is -2.31. The molecule has 7 heteroatoms. The van der Waals surface area contributed by atoms with Crippen molar-refractivity contribution in [1.29, 1.82) is 0 Å². The van der Waals surface area contributed by atoms with Crippen LogP contribution in [0.1, 0.15) is 41.6 Å². The van der Waals surface area contributed by atoms with Crippen molar-refractivity contribution in [2.24, 2.45) is 0 Å². The maximum atomic E-state index is 13.1. The molecule has 2 aromatic carbocycles. The third-order valence-electron chi connectivity index (χ3n) is 6.97. The minimum Gasteiger partial charge on any atom is -0.481 e. The minimum atomic E-state index is -0.772. The Morgan fingerprint density at radius 3 is 2.46 bits per heavy atom. The van der Waals surface area contributed by atoms with Crippen molar-refractivity contribution in [3.05, 3.63) is 94.4 Å². The fourth-order valence-corrected chi connectivity index (χ4v) is 4.58. The average molecular weight is 466 g/mol. The van der Waals surface area contributed by atoms with E-state index in [1.165, 1.54) is 0 Å². The van der Waals surface area contributed by atoms with Gasteiger partial charge in [-0.25, -0.2) is 4.98 Å². The molecule has 0 radical (unpaired) electrons. The number of carbonyl (C=O) groups excluding carboxylic acids is 1. The van der Waals surface area contributed by atoms with E-state index < -0.39 is 11.4 Å². The molecular weight excluding hydrogens is 442 g/mol. The Kier molecular flexibility index (Phi) is 4.81. The van der Waals surface area contributed by atoms with E-state index in [9.17, 15) is 19.5 Å². The predicted octanol–water partition coefficient (Wildman–Crippen LogP) is 4.06. The van der Waals surface area contributed by atoms with E-state index in [0.717, 1.165) is 35.2 Å². The molecular formula is C28H23N3O4. The molecule has 2 N–H and O–H groups in total. The summed E-state index contributed by atoms with van der Waals surface area (Å²) in [6, 6.07) is 18.9. The molecule has 6 rings (SSSR count). The van der Waals surface area contributed by atoms with Gasteiger partial charge in [-0.05, 0) is 66.6 Å². The van der Waals surface area contributed by atoms with Crippen molar-refractivity contribution in [1.82, 2.24) is 14.9 Å². The van der Waals surface area contributed by atoms with Crippen LogP contribution in [0.2, 0.25) is 0 Å². The summed E-state index contributed by atoms with van der Waals surface area (Å²) in [7, 11) is 0. The second-order valence-corrected chi connectivity index (χ2v) is 9.38. The lowest BCUT2D eigenvalue weighted by molar-refractivity contribution is -0.140. The number of hydrogen-bond acceptors (Lipinski definition) is 4. The van der Waals surface area contributed by atoms with Gasteiger partial charge in [0.2, 0.25) is 5.43 Å². The van der Waals surface area contributed by atoms with E-state index >= 15 is 0 Å². The molecule has 0 unspecified atom stereocenters. The van der Waals surface area contributed by atoms with Crippen molar-refractivity contribution in [3.63, 3.8) is 0 Å². The Balaban J connectivity index is 1.42. The number of fused-ring (bicyclic) bond motifs is 1. The maximum Gasteiger partial charge on any atom is 0.314 e. The Morgan fingerprint density at radius 2 is 1.77 bits per heavy atom. The number of benzene rings is 2. The molecule has 7 nitrogen and oxygen atoms in total. The third kappa shape index (κ3) is 3.69. The molecule has 0 bridgehead atoms. The van der Waals surface area contributed by atoms with E-state index in [2.05, 4.69) is 10.3 Å². The molecule has 1 amide bonds. The van der Waals surface area contributed by atoms with Crippen LogP contribution in [0.4, 0.5) is 0 Å².